The van der Waals surface area contributed by atoms with Crippen molar-refractivity contribution in [3.8, 4) is 0 Å². The summed E-state index contributed by atoms with van der Waals surface area (Å²) in [4.78, 5) is 4.30. The van der Waals surface area contributed by atoms with E-state index in [-0.39, 0.29) is 0 Å². The molecule has 2 heterocycles. The van der Waals surface area contributed by atoms with Crippen LogP contribution in [-0.2, 0) is 15.3 Å². The number of fused-ring (bicyclic) bond motifs is 2. The highest BCUT2D eigenvalue weighted by atomic mass is 16.7. The Kier molecular flexibility index (Phi) is 1.69. The molecule has 0 saturated carbocycles. The van der Waals surface area contributed by atoms with Crippen molar-refractivity contribution in [1.82, 2.24) is 0 Å². The zero-order valence-corrected chi connectivity index (χ0v) is 7.77. The minimum atomic E-state index is -0.686. The van der Waals surface area contributed by atoms with E-state index in [1.54, 1.807) is 6.21 Å². The molecule has 3 rings (SSSR count). The van der Waals surface area contributed by atoms with Crippen LogP contribution in [0.5, 0.6) is 0 Å². The molecule has 0 aromatic heterocycles. The summed E-state index contributed by atoms with van der Waals surface area (Å²) < 4.78 is 11.4. The van der Waals surface area contributed by atoms with Crippen LogP contribution >= 0.6 is 0 Å². The van der Waals surface area contributed by atoms with E-state index in [1.807, 2.05) is 24.3 Å². The van der Waals surface area contributed by atoms with E-state index in [1.165, 1.54) is 0 Å². The van der Waals surface area contributed by atoms with Crippen molar-refractivity contribution < 1.29 is 9.47 Å². The highest BCUT2D eigenvalue weighted by molar-refractivity contribution is 5.82. The predicted octanol–water partition coefficient (Wildman–Crippen LogP) is 1.99. The number of rotatable bonds is 0. The highest BCUT2D eigenvalue weighted by Crippen LogP contribution is 2.39. The van der Waals surface area contributed by atoms with E-state index in [2.05, 4.69) is 4.99 Å². The topological polar surface area (TPSA) is 30.8 Å². The summed E-state index contributed by atoms with van der Waals surface area (Å²) in [5, 5.41) is 0. The van der Waals surface area contributed by atoms with E-state index in [0.717, 1.165) is 30.9 Å². The maximum absolute atomic E-state index is 5.68. The third-order valence-corrected chi connectivity index (χ3v) is 2.57. The van der Waals surface area contributed by atoms with Crippen LogP contribution in [0.2, 0.25) is 0 Å². The molecule has 1 aromatic carbocycles. The van der Waals surface area contributed by atoms with E-state index in [4.69, 9.17) is 9.47 Å². The van der Waals surface area contributed by atoms with Gasteiger partial charge in [0.2, 0.25) is 5.79 Å². The largest absolute Gasteiger partial charge is 0.341 e. The third-order valence-electron chi connectivity index (χ3n) is 2.57. The summed E-state index contributed by atoms with van der Waals surface area (Å²) in [5.41, 5.74) is 1.98. The smallest absolute Gasteiger partial charge is 0.234 e. The van der Waals surface area contributed by atoms with E-state index in [9.17, 15) is 0 Å². The van der Waals surface area contributed by atoms with Crippen LogP contribution < -0.4 is 0 Å². The first-order valence-electron chi connectivity index (χ1n) is 4.83. The molecule has 0 atom stereocenters. The molecule has 1 aromatic rings. The Hall–Kier alpha value is -1.19. The zero-order chi connectivity index (χ0) is 9.43. The summed E-state index contributed by atoms with van der Waals surface area (Å²) in [6.45, 7) is 1.47. The fourth-order valence-electron chi connectivity index (χ4n) is 1.88. The van der Waals surface area contributed by atoms with Crippen molar-refractivity contribution in [1.29, 1.82) is 0 Å². The standard InChI is InChI=1S/C11H11NO2/c1-2-5-10-9(4-1)11(8-12-10)13-6-3-7-14-11/h1-2,4-5,8H,3,6-7H2. The lowest BCUT2D eigenvalue weighted by Crippen LogP contribution is -2.37. The molecular formula is C11H11NO2. The van der Waals surface area contributed by atoms with Gasteiger partial charge in [-0.05, 0) is 12.5 Å². The lowest BCUT2D eigenvalue weighted by Gasteiger charge is -2.31. The van der Waals surface area contributed by atoms with Crippen LogP contribution in [0.1, 0.15) is 12.0 Å². The molecular weight excluding hydrogens is 178 g/mol. The molecule has 1 spiro atoms. The number of para-hydroxylation sites is 1. The monoisotopic (exact) mass is 189 g/mol. The van der Waals surface area contributed by atoms with Gasteiger partial charge in [-0.15, -0.1) is 0 Å². The van der Waals surface area contributed by atoms with Gasteiger partial charge in [0.15, 0.2) is 0 Å². The molecule has 3 heteroatoms. The Morgan fingerprint density at radius 1 is 1.14 bits per heavy atom. The minimum absolute atomic E-state index is 0.686. The van der Waals surface area contributed by atoms with Crippen molar-refractivity contribution in [2.45, 2.75) is 12.2 Å². The second kappa shape index (κ2) is 2.90. The van der Waals surface area contributed by atoms with Gasteiger partial charge < -0.3 is 9.47 Å². The minimum Gasteiger partial charge on any atom is -0.341 e. The first-order valence-corrected chi connectivity index (χ1v) is 4.83. The number of hydrogen-bond donors (Lipinski definition) is 0. The number of ether oxygens (including phenoxy) is 2. The summed E-state index contributed by atoms with van der Waals surface area (Å²) in [6, 6.07) is 7.93. The predicted molar refractivity (Wildman–Crippen MR) is 52.8 cm³/mol. The lowest BCUT2D eigenvalue weighted by atomic mass is 10.1. The molecule has 1 fully saturated rings. The van der Waals surface area contributed by atoms with Gasteiger partial charge in [0.25, 0.3) is 0 Å². The van der Waals surface area contributed by atoms with Crippen LogP contribution in [0.4, 0.5) is 5.69 Å². The van der Waals surface area contributed by atoms with Crippen LogP contribution in [0.25, 0.3) is 0 Å². The second-order valence-electron chi connectivity index (χ2n) is 3.49. The Morgan fingerprint density at radius 3 is 2.79 bits per heavy atom. The fraction of sp³-hybridized carbons (Fsp3) is 0.364. The van der Waals surface area contributed by atoms with Crippen molar-refractivity contribution >= 4 is 11.9 Å². The van der Waals surface area contributed by atoms with Crippen molar-refractivity contribution in [2.75, 3.05) is 13.2 Å². The van der Waals surface area contributed by atoms with Gasteiger partial charge in [-0.2, -0.15) is 0 Å². The number of aliphatic imine (C=N–C) groups is 1. The van der Waals surface area contributed by atoms with E-state index < -0.39 is 5.79 Å². The summed E-state index contributed by atoms with van der Waals surface area (Å²) in [6.07, 6.45) is 2.72. The molecule has 72 valence electrons. The number of hydrogen-bond acceptors (Lipinski definition) is 3. The first kappa shape index (κ1) is 8.15. The fourth-order valence-corrected chi connectivity index (χ4v) is 1.88. The Balaban J connectivity index is 2.07. The van der Waals surface area contributed by atoms with Crippen LogP contribution in [0.3, 0.4) is 0 Å². The molecule has 0 aliphatic carbocycles. The highest BCUT2D eigenvalue weighted by Gasteiger charge is 2.40. The maximum Gasteiger partial charge on any atom is 0.234 e. The summed E-state index contributed by atoms with van der Waals surface area (Å²) in [5.74, 6) is -0.686. The van der Waals surface area contributed by atoms with Gasteiger partial charge in [0.05, 0.1) is 25.1 Å². The average Bonchev–Trinajstić information content (AvgIpc) is 2.60. The maximum atomic E-state index is 5.68. The number of benzene rings is 1. The van der Waals surface area contributed by atoms with Crippen molar-refractivity contribution in [3.63, 3.8) is 0 Å². The SMILES string of the molecule is C1=Nc2ccccc2C12OCCCO2. The molecule has 0 N–H and O–H groups in total. The van der Waals surface area contributed by atoms with Crippen LogP contribution in [0.15, 0.2) is 29.3 Å². The summed E-state index contributed by atoms with van der Waals surface area (Å²) in [7, 11) is 0. The quantitative estimate of drug-likeness (QED) is 0.625. The van der Waals surface area contributed by atoms with E-state index >= 15 is 0 Å². The van der Waals surface area contributed by atoms with Gasteiger partial charge in [-0.1, -0.05) is 18.2 Å². The van der Waals surface area contributed by atoms with Crippen LogP contribution in [-0.4, -0.2) is 19.4 Å². The van der Waals surface area contributed by atoms with Crippen molar-refractivity contribution in [2.24, 2.45) is 4.99 Å². The Labute approximate surface area is 82.4 Å². The molecule has 3 nitrogen and oxygen atoms in total. The molecule has 2 aliphatic heterocycles. The summed E-state index contributed by atoms with van der Waals surface area (Å²) >= 11 is 0. The molecule has 0 bridgehead atoms. The van der Waals surface area contributed by atoms with Gasteiger partial charge in [-0.25, -0.2) is 0 Å². The van der Waals surface area contributed by atoms with Gasteiger partial charge in [-0.3, -0.25) is 4.99 Å². The van der Waals surface area contributed by atoms with Crippen LogP contribution in [0, 0.1) is 0 Å². The molecule has 0 amide bonds. The zero-order valence-electron chi connectivity index (χ0n) is 7.77. The molecule has 0 unspecified atom stereocenters. The lowest BCUT2D eigenvalue weighted by molar-refractivity contribution is -0.224. The van der Waals surface area contributed by atoms with E-state index in [0.29, 0.717) is 0 Å². The van der Waals surface area contributed by atoms with Gasteiger partial charge in [0.1, 0.15) is 0 Å². The molecule has 14 heavy (non-hydrogen) atoms. The molecule has 0 radical (unpaired) electrons. The molecule has 1 saturated heterocycles. The van der Waals surface area contributed by atoms with Crippen molar-refractivity contribution in [3.05, 3.63) is 29.8 Å². The van der Waals surface area contributed by atoms with Gasteiger partial charge in [0, 0.05) is 5.56 Å². The average molecular weight is 189 g/mol. The third kappa shape index (κ3) is 1.03. The normalized spacial score (nSPS) is 22.6. The first-order chi connectivity index (χ1) is 6.91. The number of nitrogens with zero attached hydrogens (tertiary/aromatic N) is 1. The Morgan fingerprint density at radius 2 is 1.93 bits per heavy atom. The molecule has 2 aliphatic rings. The Bertz CT molecular complexity index is 381. The second-order valence-corrected chi connectivity index (χ2v) is 3.49. The van der Waals surface area contributed by atoms with Gasteiger partial charge >= 0.3 is 0 Å².